The van der Waals surface area contributed by atoms with Gasteiger partial charge in [-0.25, -0.2) is 0 Å². The Bertz CT molecular complexity index is 1730. The first-order valence-corrected chi connectivity index (χ1v) is 24.1. The van der Waals surface area contributed by atoms with Gasteiger partial charge in [-0.1, -0.05) is 66.5 Å². The number of aliphatic hydroxyl groups excluding tert-OH is 8. The molecule has 3 heterocycles. The number of rotatable bonds is 12. The first-order valence-electron chi connectivity index (χ1n) is 24.1. The van der Waals surface area contributed by atoms with Gasteiger partial charge in [-0.05, 0) is 111 Å². The Hall–Kier alpha value is -1.39. The van der Waals surface area contributed by atoms with Crippen LogP contribution in [0.5, 0.6) is 0 Å². The van der Waals surface area contributed by atoms with Crippen molar-refractivity contribution in [3.8, 4) is 0 Å². The molecule has 374 valence electrons. The molecule has 4 aliphatic carbocycles. The van der Waals surface area contributed by atoms with Crippen molar-refractivity contribution < 1.29 is 84.3 Å². The van der Waals surface area contributed by atoms with Crippen LogP contribution in [0.2, 0.25) is 0 Å². The second-order valence-electron chi connectivity index (χ2n) is 23.2. The minimum absolute atomic E-state index is 0.0585. The molecule has 21 atom stereocenters. The number of aliphatic carboxylic acids is 1. The average molecular weight is 929 g/mol. The smallest absolute Gasteiger partial charge is 0.314 e. The summed E-state index contributed by atoms with van der Waals surface area (Å²) in [5.41, 5.74) is -1.08. The quantitative estimate of drug-likeness (QED) is 0.126. The van der Waals surface area contributed by atoms with Gasteiger partial charge in [-0.15, -0.1) is 0 Å². The van der Waals surface area contributed by atoms with E-state index >= 15 is 0 Å². The van der Waals surface area contributed by atoms with Gasteiger partial charge in [0.05, 0.1) is 36.9 Å². The van der Waals surface area contributed by atoms with Crippen molar-refractivity contribution in [2.75, 3.05) is 19.8 Å². The van der Waals surface area contributed by atoms with Gasteiger partial charge in [0.15, 0.2) is 18.9 Å². The number of carboxylic acids is 1. The topological polar surface area (TPSA) is 275 Å². The number of allylic oxidation sites excluding steroid dienone is 1. The van der Waals surface area contributed by atoms with Crippen LogP contribution in [0, 0.1) is 44.8 Å². The zero-order valence-corrected chi connectivity index (χ0v) is 39.8. The highest BCUT2D eigenvalue weighted by Crippen LogP contribution is 2.73. The number of carbonyl (C=O) groups is 1. The van der Waals surface area contributed by atoms with E-state index in [0.717, 1.165) is 37.7 Å². The van der Waals surface area contributed by atoms with Gasteiger partial charge in [0.25, 0.3) is 0 Å². The summed E-state index contributed by atoms with van der Waals surface area (Å²) in [4.78, 5) is 13.9. The number of carboxylic acid groups (broad SMARTS) is 1. The van der Waals surface area contributed by atoms with Gasteiger partial charge in [0, 0.05) is 0 Å². The second-order valence-corrected chi connectivity index (χ2v) is 23.2. The summed E-state index contributed by atoms with van der Waals surface area (Å²) in [6, 6.07) is 0. The summed E-state index contributed by atoms with van der Waals surface area (Å²) in [7, 11) is 0. The summed E-state index contributed by atoms with van der Waals surface area (Å²) < 4.78 is 36.6. The number of aliphatic hydroxyl groups is 9. The number of hydrogen-bond donors (Lipinski definition) is 10. The average Bonchev–Trinajstić information content (AvgIpc) is 3.57. The molecule has 0 radical (unpaired) electrons. The Morgan fingerprint density at radius 1 is 0.738 bits per heavy atom. The molecule has 7 rings (SSSR count). The largest absolute Gasteiger partial charge is 0.481 e. The van der Waals surface area contributed by atoms with Gasteiger partial charge in [-0.3, -0.25) is 4.79 Å². The van der Waals surface area contributed by atoms with E-state index in [1.54, 1.807) is 0 Å². The minimum Gasteiger partial charge on any atom is -0.481 e. The second kappa shape index (κ2) is 18.4. The first-order chi connectivity index (χ1) is 30.2. The van der Waals surface area contributed by atoms with Crippen LogP contribution in [0.1, 0.15) is 127 Å². The highest BCUT2D eigenvalue weighted by molar-refractivity contribution is 5.82. The van der Waals surface area contributed by atoms with E-state index in [-0.39, 0.29) is 41.8 Å². The lowest BCUT2D eigenvalue weighted by atomic mass is 9.43. The zero-order chi connectivity index (χ0) is 48.0. The molecule has 5 fully saturated rings. The zero-order valence-electron chi connectivity index (χ0n) is 39.8. The monoisotopic (exact) mass is 929 g/mol. The van der Waals surface area contributed by atoms with E-state index in [2.05, 4.69) is 55.4 Å². The lowest BCUT2D eigenvalue weighted by Crippen LogP contribution is -2.65. The van der Waals surface area contributed by atoms with Gasteiger partial charge in [0.1, 0.15) is 61.0 Å². The molecule has 3 saturated heterocycles. The van der Waals surface area contributed by atoms with Crippen molar-refractivity contribution in [1.82, 2.24) is 0 Å². The van der Waals surface area contributed by atoms with E-state index in [0.29, 0.717) is 32.1 Å². The number of hydrogen-bond acceptors (Lipinski definition) is 16. The predicted molar refractivity (Wildman–Crippen MR) is 231 cm³/mol. The lowest BCUT2D eigenvalue weighted by Gasteiger charge is -2.62. The highest BCUT2D eigenvalue weighted by Gasteiger charge is 2.69. The van der Waals surface area contributed by atoms with Crippen LogP contribution in [0.25, 0.3) is 0 Å². The molecular formula is C48H80O17. The van der Waals surface area contributed by atoms with Gasteiger partial charge in [0.2, 0.25) is 0 Å². The Morgan fingerprint density at radius 2 is 1.37 bits per heavy atom. The summed E-state index contributed by atoms with van der Waals surface area (Å²) in [6.45, 7) is 17.7. The molecule has 3 aliphatic heterocycles. The standard InChI is InChI=1S/C48H80O17/c1-23(12-18-47(9,59)43(2,3)4)24-14-19-48(42(57)58)26-10-11-30-44(5,6)31(15-16-45(30,7)25(26)13-17-46(24,48)8)63-41-38(65-40-36(56)34(54)33(53)29(20-49)62-40)37(28(51)22-61-41)64-39-35(55)32(52)27(50)21-60-39/h23-24,27-41,49-56,59H,10-22H2,1-9H3,(H,57,58)/t23-,24-,27-,28+,29-,30+,31+,32+,33-,34+,35-,36-,37+,38-,39+,40+,41+,45-,46-,47+,48+/m1/s1. The third-order valence-corrected chi connectivity index (χ3v) is 18.5. The number of ether oxygens (including phenoxy) is 6. The molecule has 2 saturated carbocycles. The normalized spacial score (nSPS) is 48.2. The van der Waals surface area contributed by atoms with Crippen molar-refractivity contribution in [2.24, 2.45) is 44.8 Å². The maximum absolute atomic E-state index is 13.9. The summed E-state index contributed by atoms with van der Waals surface area (Å²) in [5, 5.41) is 107. The Morgan fingerprint density at radius 3 is 2.02 bits per heavy atom. The molecule has 17 nitrogen and oxygen atoms in total. The molecule has 0 aromatic rings. The van der Waals surface area contributed by atoms with Gasteiger partial charge >= 0.3 is 5.97 Å². The molecule has 0 bridgehead atoms. The fraction of sp³-hybridized carbons (Fsp3) is 0.938. The molecule has 0 aromatic carbocycles. The SMILES string of the molecule is C[C@H](CC[C@](C)(O)C(C)(C)C)[C@H]1CC[C@@]2(C(=O)O)C3=C(CC[C@]12C)[C@@]1(C)CC[C@H](O[C@@H]2OC[C@H](O)[C@H](O[C@@H]4OC[C@@H](O)[C@H](O)[C@H]4O)[C@H]2O[C@@H]2O[C@H](CO)[C@@H](O)[C@H](O)[C@H]2O)C(C)(C)[C@@H]1CC3. The van der Waals surface area contributed by atoms with Gasteiger partial charge < -0.3 is 79.5 Å². The summed E-state index contributed by atoms with van der Waals surface area (Å²) in [5.74, 6) is -0.253. The van der Waals surface area contributed by atoms with Crippen LogP contribution in [0.15, 0.2) is 11.1 Å². The van der Waals surface area contributed by atoms with Crippen LogP contribution in [0.4, 0.5) is 0 Å². The Balaban J connectivity index is 1.15. The third kappa shape index (κ3) is 8.59. The predicted octanol–water partition coefficient (Wildman–Crippen LogP) is 2.13. The summed E-state index contributed by atoms with van der Waals surface area (Å²) in [6.07, 6.45) is -13.7. The molecule has 7 aliphatic rings. The molecule has 0 spiro atoms. The van der Waals surface area contributed by atoms with Gasteiger partial charge in [-0.2, -0.15) is 0 Å². The molecule has 0 amide bonds. The summed E-state index contributed by atoms with van der Waals surface area (Å²) >= 11 is 0. The van der Waals surface area contributed by atoms with Crippen LogP contribution >= 0.6 is 0 Å². The van der Waals surface area contributed by atoms with Crippen molar-refractivity contribution in [2.45, 2.75) is 218 Å². The van der Waals surface area contributed by atoms with Crippen molar-refractivity contribution in [3.63, 3.8) is 0 Å². The molecule has 65 heavy (non-hydrogen) atoms. The van der Waals surface area contributed by atoms with Crippen molar-refractivity contribution in [1.29, 1.82) is 0 Å². The molecular weight excluding hydrogens is 849 g/mol. The molecule has 0 unspecified atom stereocenters. The fourth-order valence-corrected chi connectivity index (χ4v) is 13.8. The van der Waals surface area contributed by atoms with Crippen LogP contribution < -0.4 is 0 Å². The molecule has 17 heteroatoms. The highest BCUT2D eigenvalue weighted by atomic mass is 16.8. The maximum atomic E-state index is 13.9. The van der Waals surface area contributed by atoms with E-state index in [1.807, 2.05) is 6.92 Å². The molecule has 10 N–H and O–H groups in total. The van der Waals surface area contributed by atoms with E-state index in [1.165, 1.54) is 5.57 Å². The Kier molecular flexibility index (Phi) is 14.6. The van der Waals surface area contributed by atoms with Crippen LogP contribution in [-0.4, -0.2) is 168 Å². The van der Waals surface area contributed by atoms with Crippen molar-refractivity contribution in [3.05, 3.63) is 11.1 Å². The van der Waals surface area contributed by atoms with E-state index in [4.69, 9.17) is 28.4 Å². The van der Waals surface area contributed by atoms with E-state index < -0.39 is 120 Å². The van der Waals surface area contributed by atoms with E-state index in [9.17, 15) is 55.9 Å². The molecule has 0 aromatic heterocycles. The Labute approximate surface area is 383 Å². The lowest BCUT2D eigenvalue weighted by molar-refractivity contribution is -0.384. The number of fused-ring (bicyclic) bond motifs is 4. The first kappa shape index (κ1) is 51.5. The van der Waals surface area contributed by atoms with Crippen LogP contribution in [0.3, 0.4) is 0 Å². The fourth-order valence-electron chi connectivity index (χ4n) is 13.8. The maximum Gasteiger partial charge on any atom is 0.314 e. The third-order valence-electron chi connectivity index (χ3n) is 18.5. The minimum atomic E-state index is -1.83. The van der Waals surface area contributed by atoms with Crippen LogP contribution in [-0.2, 0) is 33.2 Å². The van der Waals surface area contributed by atoms with Crippen molar-refractivity contribution >= 4 is 5.97 Å².